The van der Waals surface area contributed by atoms with E-state index in [-0.39, 0.29) is 0 Å². The summed E-state index contributed by atoms with van der Waals surface area (Å²) in [6, 6.07) is 2.94. The molecule has 1 N–H and O–H groups in total. The Labute approximate surface area is 113 Å². The third-order valence-electron chi connectivity index (χ3n) is 4.91. The van der Waals surface area contributed by atoms with Crippen LogP contribution in [0.25, 0.3) is 0 Å². The second-order valence-corrected chi connectivity index (χ2v) is 6.59. The number of hydrogen-bond donors (Lipinski definition) is 1. The maximum absolute atomic E-state index is 3.65. The Kier molecular flexibility index (Phi) is 5.05. The van der Waals surface area contributed by atoms with Gasteiger partial charge in [0.05, 0.1) is 0 Å². The lowest BCUT2D eigenvalue weighted by molar-refractivity contribution is 0.0616. The zero-order valence-electron chi connectivity index (χ0n) is 12.7. The van der Waals surface area contributed by atoms with Gasteiger partial charge in [-0.15, -0.1) is 0 Å². The molecule has 2 aliphatic rings. The predicted molar refractivity (Wildman–Crippen MR) is 78.0 cm³/mol. The van der Waals surface area contributed by atoms with Gasteiger partial charge in [0.15, 0.2) is 0 Å². The van der Waals surface area contributed by atoms with Crippen LogP contribution in [0, 0.1) is 0 Å². The first-order valence-corrected chi connectivity index (χ1v) is 7.77. The molecule has 106 valence electrons. The lowest BCUT2D eigenvalue weighted by Crippen LogP contribution is -2.52. The highest BCUT2D eigenvalue weighted by Gasteiger charge is 2.30. The minimum atomic E-state index is 0.674. The summed E-state index contributed by atoms with van der Waals surface area (Å²) in [5.41, 5.74) is 0. The molecule has 2 rings (SSSR count). The number of hydrogen-bond acceptors (Lipinski definition) is 3. The van der Waals surface area contributed by atoms with E-state index in [1.165, 1.54) is 45.3 Å². The van der Waals surface area contributed by atoms with E-state index in [0.717, 1.165) is 18.1 Å². The van der Waals surface area contributed by atoms with E-state index in [2.05, 4.69) is 42.9 Å². The third kappa shape index (κ3) is 3.46. The molecule has 0 spiro atoms. The molecule has 18 heavy (non-hydrogen) atoms. The van der Waals surface area contributed by atoms with Crippen molar-refractivity contribution in [1.82, 2.24) is 15.1 Å². The SMILES string of the molecule is CC1CC(N(CC2CCCN2)C(C)C)CCN1C. The van der Waals surface area contributed by atoms with E-state index in [0.29, 0.717) is 6.04 Å². The maximum Gasteiger partial charge on any atom is 0.0195 e. The molecule has 2 fully saturated rings. The molecule has 2 aliphatic heterocycles. The van der Waals surface area contributed by atoms with Crippen LogP contribution in [0.15, 0.2) is 0 Å². The average molecular weight is 253 g/mol. The van der Waals surface area contributed by atoms with E-state index in [9.17, 15) is 0 Å². The standard InChI is InChI=1S/C15H31N3/c1-12(2)18(11-14-6-5-8-16-14)15-7-9-17(4)13(3)10-15/h12-16H,5-11H2,1-4H3. The first-order valence-electron chi connectivity index (χ1n) is 7.77. The van der Waals surface area contributed by atoms with Crippen molar-refractivity contribution < 1.29 is 0 Å². The molecule has 0 radical (unpaired) electrons. The predicted octanol–water partition coefficient (Wildman–Crippen LogP) is 1.93. The van der Waals surface area contributed by atoms with Crippen LogP contribution < -0.4 is 5.32 Å². The Morgan fingerprint density at radius 3 is 2.67 bits per heavy atom. The van der Waals surface area contributed by atoms with Crippen LogP contribution in [0.3, 0.4) is 0 Å². The zero-order valence-corrected chi connectivity index (χ0v) is 12.7. The fourth-order valence-electron chi connectivity index (χ4n) is 3.51. The molecule has 0 bridgehead atoms. The lowest BCUT2D eigenvalue weighted by atomic mass is 9.95. The first-order chi connectivity index (χ1) is 8.58. The zero-order chi connectivity index (χ0) is 13.1. The molecule has 2 heterocycles. The van der Waals surface area contributed by atoms with Crippen molar-refractivity contribution in [2.75, 3.05) is 26.7 Å². The van der Waals surface area contributed by atoms with Crippen molar-refractivity contribution in [3.63, 3.8) is 0 Å². The van der Waals surface area contributed by atoms with Gasteiger partial charge in [0.1, 0.15) is 0 Å². The van der Waals surface area contributed by atoms with Gasteiger partial charge in [-0.2, -0.15) is 0 Å². The highest BCUT2D eigenvalue weighted by molar-refractivity contribution is 4.88. The van der Waals surface area contributed by atoms with Crippen LogP contribution >= 0.6 is 0 Å². The topological polar surface area (TPSA) is 18.5 Å². The largest absolute Gasteiger partial charge is 0.313 e. The number of nitrogens with one attached hydrogen (secondary N) is 1. The fourth-order valence-corrected chi connectivity index (χ4v) is 3.51. The number of rotatable bonds is 4. The normalized spacial score (nSPS) is 34.7. The van der Waals surface area contributed by atoms with Crippen LogP contribution in [-0.4, -0.2) is 60.6 Å². The van der Waals surface area contributed by atoms with Crippen molar-refractivity contribution >= 4 is 0 Å². The molecule has 0 aromatic carbocycles. The highest BCUT2D eigenvalue weighted by atomic mass is 15.2. The summed E-state index contributed by atoms with van der Waals surface area (Å²) in [6.45, 7) is 10.8. The second kappa shape index (κ2) is 6.36. The number of nitrogens with zero attached hydrogens (tertiary/aromatic N) is 2. The van der Waals surface area contributed by atoms with E-state index in [4.69, 9.17) is 0 Å². The molecule has 3 nitrogen and oxygen atoms in total. The van der Waals surface area contributed by atoms with E-state index >= 15 is 0 Å². The summed E-state index contributed by atoms with van der Waals surface area (Å²) in [7, 11) is 2.26. The van der Waals surface area contributed by atoms with Gasteiger partial charge in [-0.3, -0.25) is 4.90 Å². The molecule has 0 aliphatic carbocycles. The summed E-state index contributed by atoms with van der Waals surface area (Å²) in [4.78, 5) is 5.26. The molecule has 3 atom stereocenters. The van der Waals surface area contributed by atoms with Gasteiger partial charge in [0, 0.05) is 30.7 Å². The fraction of sp³-hybridized carbons (Fsp3) is 1.00. The van der Waals surface area contributed by atoms with Gasteiger partial charge < -0.3 is 10.2 Å². The van der Waals surface area contributed by atoms with Gasteiger partial charge in [-0.1, -0.05) is 0 Å². The van der Waals surface area contributed by atoms with Crippen LogP contribution in [-0.2, 0) is 0 Å². The van der Waals surface area contributed by atoms with Crippen LogP contribution in [0.2, 0.25) is 0 Å². The van der Waals surface area contributed by atoms with Gasteiger partial charge in [0.25, 0.3) is 0 Å². The van der Waals surface area contributed by atoms with Gasteiger partial charge in [-0.25, -0.2) is 0 Å². The Hall–Kier alpha value is -0.120. The Morgan fingerprint density at radius 2 is 2.11 bits per heavy atom. The van der Waals surface area contributed by atoms with Crippen molar-refractivity contribution in [3.8, 4) is 0 Å². The number of likely N-dealkylation sites (tertiary alicyclic amines) is 1. The molecule has 0 aromatic rings. The molecule has 0 amide bonds. The van der Waals surface area contributed by atoms with Crippen LogP contribution in [0.4, 0.5) is 0 Å². The molecule has 3 heteroatoms. The van der Waals surface area contributed by atoms with Crippen molar-refractivity contribution in [2.45, 2.75) is 70.6 Å². The van der Waals surface area contributed by atoms with Gasteiger partial charge in [0.2, 0.25) is 0 Å². The van der Waals surface area contributed by atoms with Crippen molar-refractivity contribution in [1.29, 1.82) is 0 Å². The average Bonchev–Trinajstić information content (AvgIpc) is 2.82. The minimum absolute atomic E-state index is 0.674. The summed E-state index contributed by atoms with van der Waals surface area (Å²) in [5.74, 6) is 0. The van der Waals surface area contributed by atoms with Crippen LogP contribution in [0.1, 0.15) is 46.5 Å². The molecular formula is C15H31N3. The summed E-state index contributed by atoms with van der Waals surface area (Å²) >= 11 is 0. The van der Waals surface area contributed by atoms with Gasteiger partial charge in [-0.05, 0) is 66.6 Å². The molecule has 0 saturated carbocycles. The van der Waals surface area contributed by atoms with E-state index in [1.54, 1.807) is 0 Å². The van der Waals surface area contributed by atoms with Crippen molar-refractivity contribution in [2.24, 2.45) is 0 Å². The Morgan fingerprint density at radius 1 is 1.33 bits per heavy atom. The minimum Gasteiger partial charge on any atom is -0.313 e. The summed E-state index contributed by atoms with van der Waals surface area (Å²) in [6.07, 6.45) is 5.40. The summed E-state index contributed by atoms with van der Waals surface area (Å²) in [5, 5.41) is 3.65. The third-order valence-corrected chi connectivity index (χ3v) is 4.91. The first kappa shape index (κ1) is 14.3. The quantitative estimate of drug-likeness (QED) is 0.826. The molecule has 0 aromatic heterocycles. The highest BCUT2D eigenvalue weighted by Crippen LogP contribution is 2.23. The van der Waals surface area contributed by atoms with Crippen LogP contribution in [0.5, 0.6) is 0 Å². The number of piperidine rings is 1. The molecular weight excluding hydrogens is 222 g/mol. The summed E-state index contributed by atoms with van der Waals surface area (Å²) < 4.78 is 0. The van der Waals surface area contributed by atoms with E-state index in [1.807, 2.05) is 0 Å². The Bertz CT molecular complexity index is 248. The Balaban J connectivity index is 1.92. The maximum atomic E-state index is 3.65. The smallest absolute Gasteiger partial charge is 0.0195 e. The monoisotopic (exact) mass is 253 g/mol. The van der Waals surface area contributed by atoms with E-state index < -0.39 is 0 Å². The second-order valence-electron chi connectivity index (χ2n) is 6.59. The van der Waals surface area contributed by atoms with Gasteiger partial charge >= 0.3 is 0 Å². The lowest BCUT2D eigenvalue weighted by Gasteiger charge is -2.43. The molecule has 3 unspecified atom stereocenters. The molecule has 2 saturated heterocycles. The van der Waals surface area contributed by atoms with Crippen molar-refractivity contribution in [3.05, 3.63) is 0 Å².